The highest BCUT2D eigenvalue weighted by molar-refractivity contribution is 7.07. The second-order valence-electron chi connectivity index (χ2n) is 3.54. The van der Waals surface area contributed by atoms with E-state index in [1.807, 2.05) is 0 Å². The summed E-state index contributed by atoms with van der Waals surface area (Å²) in [7, 11) is 0. The van der Waals surface area contributed by atoms with Gasteiger partial charge in [-0.3, -0.25) is 14.9 Å². The fourth-order valence-electron chi connectivity index (χ4n) is 1.44. The number of nitrogens with one attached hydrogen (secondary N) is 2. The van der Waals surface area contributed by atoms with Crippen molar-refractivity contribution in [2.24, 2.45) is 0 Å². The molecule has 0 aliphatic rings. The molecule has 6 nitrogen and oxygen atoms in total. The van der Waals surface area contributed by atoms with Crippen molar-refractivity contribution in [1.82, 2.24) is 4.98 Å². The Labute approximate surface area is 108 Å². The largest absolute Gasteiger partial charge is 0.371 e. The van der Waals surface area contributed by atoms with Gasteiger partial charge in [0.05, 0.1) is 11.5 Å². The zero-order valence-corrected chi connectivity index (χ0v) is 10.1. The number of rotatable bonds is 4. The first-order valence-corrected chi connectivity index (χ1v) is 5.90. The molecule has 2 aromatic rings. The molecule has 1 aromatic carbocycles. The van der Waals surface area contributed by atoms with Crippen LogP contribution >= 0.6 is 11.3 Å². The summed E-state index contributed by atoms with van der Waals surface area (Å²) in [6, 6.07) is 1.56. The van der Waals surface area contributed by atoms with E-state index in [1.54, 1.807) is 0 Å². The summed E-state index contributed by atoms with van der Waals surface area (Å²) < 4.78 is 26.6. The van der Waals surface area contributed by atoms with Gasteiger partial charge < -0.3 is 10.3 Å². The number of nitro groups is 1. The van der Waals surface area contributed by atoms with E-state index in [1.165, 1.54) is 5.38 Å². The predicted octanol–water partition coefficient (Wildman–Crippen LogP) is 2.23. The number of aromatic amines is 1. The quantitative estimate of drug-likeness (QED) is 0.666. The molecule has 0 amide bonds. The van der Waals surface area contributed by atoms with Crippen molar-refractivity contribution >= 4 is 22.7 Å². The highest BCUT2D eigenvalue weighted by atomic mass is 32.1. The number of benzene rings is 1. The topological polar surface area (TPSA) is 88.0 Å². The van der Waals surface area contributed by atoms with Crippen molar-refractivity contribution in [3.05, 3.63) is 54.6 Å². The van der Waals surface area contributed by atoms with Crippen LogP contribution in [0.2, 0.25) is 0 Å². The van der Waals surface area contributed by atoms with Crippen LogP contribution in [0.3, 0.4) is 0 Å². The Morgan fingerprint density at radius 2 is 2.16 bits per heavy atom. The van der Waals surface area contributed by atoms with Gasteiger partial charge in [-0.15, -0.1) is 0 Å². The normalized spacial score (nSPS) is 10.4. The summed E-state index contributed by atoms with van der Waals surface area (Å²) in [6.45, 7) is -0.0556. The second kappa shape index (κ2) is 5.14. The number of hydrogen-bond donors (Lipinski definition) is 2. The van der Waals surface area contributed by atoms with Gasteiger partial charge in [-0.25, -0.2) is 8.78 Å². The minimum absolute atomic E-state index is 0.0556. The molecule has 0 spiro atoms. The van der Waals surface area contributed by atoms with Crippen LogP contribution in [0.15, 0.2) is 22.3 Å². The molecular formula is C10H7F2N3O3S. The summed E-state index contributed by atoms with van der Waals surface area (Å²) in [5.74, 6) is -2.52. The van der Waals surface area contributed by atoms with Crippen molar-refractivity contribution in [2.75, 3.05) is 5.32 Å². The van der Waals surface area contributed by atoms with E-state index in [0.29, 0.717) is 11.8 Å². The minimum atomic E-state index is -1.33. The molecule has 0 atom stereocenters. The summed E-state index contributed by atoms with van der Waals surface area (Å²) in [4.78, 5) is 22.9. The molecule has 2 N–H and O–H groups in total. The summed E-state index contributed by atoms with van der Waals surface area (Å²) in [5, 5.41) is 14.6. The standard InChI is InChI=1S/C10H7F2N3O3S/c11-6-1-2-7(15(17)18)9(8(6)12)13-3-5-4-19-10(16)14-5/h1-2,4,13H,3H2,(H,14,16). The molecule has 1 heterocycles. The molecule has 0 unspecified atom stereocenters. The predicted molar refractivity (Wildman–Crippen MR) is 65.3 cm³/mol. The van der Waals surface area contributed by atoms with E-state index in [4.69, 9.17) is 0 Å². The third kappa shape index (κ3) is 2.76. The molecule has 9 heteroatoms. The molecule has 19 heavy (non-hydrogen) atoms. The highest BCUT2D eigenvalue weighted by Crippen LogP contribution is 2.29. The number of nitrogens with zero attached hydrogens (tertiary/aromatic N) is 1. The van der Waals surface area contributed by atoms with Crippen molar-refractivity contribution < 1.29 is 13.7 Å². The molecule has 0 aliphatic carbocycles. The van der Waals surface area contributed by atoms with E-state index in [9.17, 15) is 23.7 Å². The van der Waals surface area contributed by atoms with Gasteiger partial charge in [0.2, 0.25) is 0 Å². The zero-order chi connectivity index (χ0) is 14.0. The first kappa shape index (κ1) is 13.1. The Hall–Kier alpha value is -2.29. The minimum Gasteiger partial charge on any atom is -0.371 e. The third-order valence-corrected chi connectivity index (χ3v) is 3.01. The lowest BCUT2D eigenvalue weighted by molar-refractivity contribution is -0.384. The van der Waals surface area contributed by atoms with Gasteiger partial charge in [0.1, 0.15) is 0 Å². The Morgan fingerprint density at radius 3 is 2.74 bits per heavy atom. The number of nitro benzene ring substituents is 1. The lowest BCUT2D eigenvalue weighted by Gasteiger charge is -2.07. The van der Waals surface area contributed by atoms with Crippen LogP contribution in [-0.4, -0.2) is 9.91 Å². The van der Waals surface area contributed by atoms with E-state index in [0.717, 1.165) is 17.4 Å². The first-order chi connectivity index (χ1) is 8.99. The molecule has 2 rings (SSSR count). The van der Waals surface area contributed by atoms with Gasteiger partial charge in [-0.2, -0.15) is 0 Å². The van der Waals surface area contributed by atoms with Crippen LogP contribution in [0.1, 0.15) is 5.69 Å². The molecule has 0 saturated carbocycles. The number of halogens is 2. The Balaban J connectivity index is 2.30. The van der Waals surface area contributed by atoms with Crippen LogP contribution in [0.25, 0.3) is 0 Å². The third-order valence-electron chi connectivity index (χ3n) is 2.30. The molecule has 0 saturated heterocycles. The number of anilines is 1. The van der Waals surface area contributed by atoms with Gasteiger partial charge in [-0.05, 0) is 6.07 Å². The summed E-state index contributed by atoms with van der Waals surface area (Å²) in [6.07, 6.45) is 0. The van der Waals surface area contributed by atoms with Crippen LogP contribution in [0.5, 0.6) is 0 Å². The Morgan fingerprint density at radius 1 is 1.42 bits per heavy atom. The van der Waals surface area contributed by atoms with Crippen molar-refractivity contribution in [2.45, 2.75) is 6.54 Å². The van der Waals surface area contributed by atoms with E-state index >= 15 is 0 Å². The van der Waals surface area contributed by atoms with Crippen LogP contribution in [0.4, 0.5) is 20.2 Å². The zero-order valence-electron chi connectivity index (χ0n) is 9.28. The molecule has 0 fully saturated rings. The average Bonchev–Trinajstić information content (AvgIpc) is 2.76. The Bertz CT molecular complexity index is 683. The van der Waals surface area contributed by atoms with Crippen LogP contribution in [-0.2, 0) is 6.54 Å². The van der Waals surface area contributed by atoms with Crippen LogP contribution < -0.4 is 10.2 Å². The van der Waals surface area contributed by atoms with Crippen molar-refractivity contribution in [3.63, 3.8) is 0 Å². The smallest absolute Gasteiger partial charge is 0.304 e. The second-order valence-corrected chi connectivity index (χ2v) is 4.38. The Kier molecular flexibility index (Phi) is 3.56. The maximum Gasteiger partial charge on any atom is 0.304 e. The van der Waals surface area contributed by atoms with Crippen molar-refractivity contribution in [1.29, 1.82) is 0 Å². The lowest BCUT2D eigenvalue weighted by atomic mass is 10.2. The number of aromatic nitrogens is 1. The molecular weight excluding hydrogens is 280 g/mol. The van der Waals surface area contributed by atoms with Gasteiger partial charge in [0, 0.05) is 17.1 Å². The summed E-state index contributed by atoms with van der Waals surface area (Å²) >= 11 is 0.905. The van der Waals surface area contributed by atoms with Gasteiger partial charge in [0.15, 0.2) is 17.3 Å². The van der Waals surface area contributed by atoms with Gasteiger partial charge >= 0.3 is 4.87 Å². The number of H-pyrrole nitrogens is 1. The number of thiazole rings is 1. The number of hydrogen-bond acceptors (Lipinski definition) is 5. The van der Waals surface area contributed by atoms with Crippen molar-refractivity contribution in [3.8, 4) is 0 Å². The summed E-state index contributed by atoms with van der Waals surface area (Å²) in [5.41, 5.74) is -0.693. The maximum absolute atomic E-state index is 13.5. The molecule has 0 radical (unpaired) electrons. The molecule has 0 bridgehead atoms. The van der Waals surface area contributed by atoms with E-state index < -0.39 is 27.9 Å². The molecule has 100 valence electrons. The molecule has 1 aromatic heterocycles. The maximum atomic E-state index is 13.5. The lowest BCUT2D eigenvalue weighted by Crippen LogP contribution is -2.07. The molecule has 0 aliphatic heterocycles. The van der Waals surface area contributed by atoms with E-state index in [-0.39, 0.29) is 11.4 Å². The fraction of sp³-hybridized carbons (Fsp3) is 0.100. The van der Waals surface area contributed by atoms with Gasteiger partial charge in [-0.1, -0.05) is 11.3 Å². The highest BCUT2D eigenvalue weighted by Gasteiger charge is 2.21. The SMILES string of the molecule is O=c1[nH]c(CNc2c([N+](=O)[O-])ccc(F)c2F)cs1. The van der Waals surface area contributed by atoms with Gasteiger partial charge in [0.25, 0.3) is 5.69 Å². The van der Waals surface area contributed by atoms with E-state index in [2.05, 4.69) is 10.3 Å². The first-order valence-electron chi connectivity index (χ1n) is 5.02. The van der Waals surface area contributed by atoms with Crippen LogP contribution in [0, 0.1) is 21.7 Å². The monoisotopic (exact) mass is 287 g/mol. The average molecular weight is 287 g/mol. The fourth-order valence-corrected chi connectivity index (χ4v) is 2.03.